The number of ether oxygens (including phenoxy) is 1. The Bertz CT molecular complexity index is 543. The van der Waals surface area contributed by atoms with Gasteiger partial charge in [0.05, 0.1) is 13.2 Å². The number of nitrogens with one attached hydrogen (secondary N) is 2. The highest BCUT2D eigenvalue weighted by atomic mass is 127. The minimum absolute atomic E-state index is 0. The lowest BCUT2D eigenvalue weighted by Crippen LogP contribution is -2.42. The van der Waals surface area contributed by atoms with Crippen LogP contribution in [0, 0.1) is 0 Å². The fraction of sp³-hybridized carbons (Fsp3) is 0.667. The zero-order valence-electron chi connectivity index (χ0n) is 17.7. The van der Waals surface area contributed by atoms with Gasteiger partial charge in [-0.2, -0.15) is 0 Å². The van der Waals surface area contributed by atoms with E-state index in [-0.39, 0.29) is 24.0 Å². The number of benzene rings is 1. The second kappa shape index (κ2) is 15.0. The highest BCUT2D eigenvalue weighted by molar-refractivity contribution is 14.0. The van der Waals surface area contributed by atoms with Crippen LogP contribution < -0.4 is 10.6 Å². The van der Waals surface area contributed by atoms with Crippen molar-refractivity contribution in [3.8, 4) is 0 Å². The summed E-state index contributed by atoms with van der Waals surface area (Å²) in [5.74, 6) is 0.921. The fourth-order valence-corrected chi connectivity index (χ4v) is 3.39. The second-order valence-corrected chi connectivity index (χ2v) is 7.19. The SMILES string of the molecule is CCNC(=NCC1CCCN1Cc1ccccc1)NCCN(C)CCOC.I. The summed E-state index contributed by atoms with van der Waals surface area (Å²) in [7, 11) is 3.86. The van der Waals surface area contributed by atoms with Crippen LogP contribution in [0.15, 0.2) is 35.3 Å². The van der Waals surface area contributed by atoms with E-state index in [9.17, 15) is 0 Å². The first-order valence-corrected chi connectivity index (χ1v) is 10.2. The minimum atomic E-state index is 0. The number of hydrogen-bond donors (Lipinski definition) is 2. The normalized spacial score (nSPS) is 17.6. The number of likely N-dealkylation sites (N-methyl/N-ethyl adjacent to an activating group) is 1. The van der Waals surface area contributed by atoms with Gasteiger partial charge in [-0.3, -0.25) is 9.89 Å². The van der Waals surface area contributed by atoms with E-state index in [2.05, 4.69) is 64.7 Å². The van der Waals surface area contributed by atoms with Crippen LogP contribution in [0.3, 0.4) is 0 Å². The van der Waals surface area contributed by atoms with E-state index < -0.39 is 0 Å². The molecule has 1 fully saturated rings. The molecule has 1 atom stereocenters. The number of nitrogens with zero attached hydrogens (tertiary/aromatic N) is 3. The van der Waals surface area contributed by atoms with E-state index in [1.807, 2.05) is 0 Å². The van der Waals surface area contributed by atoms with Crippen LogP contribution in [0.5, 0.6) is 0 Å². The molecule has 160 valence electrons. The Balaban J connectivity index is 0.00000392. The monoisotopic (exact) mass is 503 g/mol. The molecule has 2 N–H and O–H groups in total. The molecule has 1 aliphatic heterocycles. The summed E-state index contributed by atoms with van der Waals surface area (Å²) in [6.45, 7) is 9.59. The standard InChI is InChI=1S/C21H37N5O.HI/c1-4-22-21(23-12-14-25(2)15-16-27-3)24-17-20-11-8-13-26(20)18-19-9-6-5-7-10-19;/h5-7,9-10,20H,4,8,11-18H2,1-3H3,(H2,22,23,24);1H. The third kappa shape index (κ3) is 9.54. The largest absolute Gasteiger partial charge is 0.383 e. The van der Waals surface area contributed by atoms with Gasteiger partial charge in [0, 0.05) is 45.9 Å². The molecule has 1 aromatic carbocycles. The third-order valence-corrected chi connectivity index (χ3v) is 5.00. The minimum Gasteiger partial charge on any atom is -0.383 e. The molecule has 1 saturated heterocycles. The summed E-state index contributed by atoms with van der Waals surface area (Å²) < 4.78 is 5.12. The highest BCUT2D eigenvalue weighted by Gasteiger charge is 2.24. The number of halogens is 1. The quantitative estimate of drug-likeness (QED) is 0.276. The summed E-state index contributed by atoms with van der Waals surface area (Å²) >= 11 is 0. The van der Waals surface area contributed by atoms with Crippen molar-refractivity contribution >= 4 is 29.9 Å². The number of rotatable bonds is 11. The van der Waals surface area contributed by atoms with Gasteiger partial charge in [0.15, 0.2) is 5.96 Å². The van der Waals surface area contributed by atoms with E-state index in [4.69, 9.17) is 9.73 Å². The van der Waals surface area contributed by atoms with Crippen LogP contribution >= 0.6 is 24.0 Å². The van der Waals surface area contributed by atoms with Crippen molar-refractivity contribution in [2.24, 2.45) is 4.99 Å². The van der Waals surface area contributed by atoms with Crippen molar-refractivity contribution in [3.63, 3.8) is 0 Å². The van der Waals surface area contributed by atoms with Crippen LogP contribution in [0.4, 0.5) is 0 Å². The van der Waals surface area contributed by atoms with Crippen molar-refractivity contribution in [1.82, 2.24) is 20.4 Å². The van der Waals surface area contributed by atoms with Gasteiger partial charge < -0.3 is 20.3 Å². The van der Waals surface area contributed by atoms with Crippen molar-refractivity contribution in [2.45, 2.75) is 32.4 Å². The Hall–Kier alpha value is -0.900. The number of hydrogen-bond acceptors (Lipinski definition) is 4. The molecular formula is C21H38IN5O. The number of guanidine groups is 1. The Morgan fingerprint density at radius 3 is 2.75 bits per heavy atom. The van der Waals surface area contributed by atoms with E-state index in [1.165, 1.54) is 24.9 Å². The van der Waals surface area contributed by atoms with Gasteiger partial charge in [-0.05, 0) is 38.9 Å². The Kier molecular flexibility index (Phi) is 13.5. The Morgan fingerprint density at radius 2 is 2.04 bits per heavy atom. The average Bonchev–Trinajstić information content (AvgIpc) is 3.12. The summed E-state index contributed by atoms with van der Waals surface area (Å²) in [5.41, 5.74) is 1.39. The molecular weight excluding hydrogens is 465 g/mol. The van der Waals surface area contributed by atoms with Gasteiger partial charge in [-0.15, -0.1) is 24.0 Å². The van der Waals surface area contributed by atoms with Gasteiger partial charge in [-0.1, -0.05) is 30.3 Å². The average molecular weight is 503 g/mol. The van der Waals surface area contributed by atoms with Gasteiger partial charge in [0.1, 0.15) is 0 Å². The van der Waals surface area contributed by atoms with Crippen LogP contribution in [0.2, 0.25) is 0 Å². The molecule has 2 rings (SSSR count). The molecule has 1 aromatic rings. The lowest BCUT2D eigenvalue weighted by molar-refractivity contribution is 0.162. The maximum atomic E-state index is 5.12. The molecule has 0 spiro atoms. The summed E-state index contributed by atoms with van der Waals surface area (Å²) in [4.78, 5) is 9.69. The first-order valence-electron chi connectivity index (χ1n) is 10.2. The first-order chi connectivity index (χ1) is 13.2. The topological polar surface area (TPSA) is 52.1 Å². The fourth-order valence-electron chi connectivity index (χ4n) is 3.39. The van der Waals surface area contributed by atoms with Crippen LogP contribution in [0.1, 0.15) is 25.3 Å². The van der Waals surface area contributed by atoms with Crippen molar-refractivity contribution in [1.29, 1.82) is 0 Å². The smallest absolute Gasteiger partial charge is 0.191 e. The predicted octanol–water partition coefficient (Wildman–Crippen LogP) is 2.40. The molecule has 0 bridgehead atoms. The van der Waals surface area contributed by atoms with Crippen LogP contribution in [-0.2, 0) is 11.3 Å². The summed E-state index contributed by atoms with van der Waals surface area (Å²) in [5, 5.41) is 6.82. The third-order valence-electron chi connectivity index (χ3n) is 5.00. The maximum Gasteiger partial charge on any atom is 0.191 e. The lowest BCUT2D eigenvalue weighted by atomic mass is 10.2. The zero-order chi connectivity index (χ0) is 19.3. The van der Waals surface area contributed by atoms with Crippen molar-refractivity contribution in [3.05, 3.63) is 35.9 Å². The Morgan fingerprint density at radius 1 is 1.25 bits per heavy atom. The van der Waals surface area contributed by atoms with Crippen LogP contribution in [0.25, 0.3) is 0 Å². The zero-order valence-corrected chi connectivity index (χ0v) is 20.0. The summed E-state index contributed by atoms with van der Waals surface area (Å²) in [6.07, 6.45) is 2.50. The van der Waals surface area contributed by atoms with Gasteiger partial charge in [0.2, 0.25) is 0 Å². The molecule has 1 unspecified atom stereocenters. The molecule has 0 saturated carbocycles. The lowest BCUT2D eigenvalue weighted by Gasteiger charge is -2.24. The molecule has 28 heavy (non-hydrogen) atoms. The van der Waals surface area contributed by atoms with E-state index in [0.717, 1.165) is 51.8 Å². The maximum absolute atomic E-state index is 5.12. The second-order valence-electron chi connectivity index (χ2n) is 7.19. The first kappa shape index (κ1) is 25.1. The molecule has 0 aliphatic carbocycles. The molecule has 0 radical (unpaired) electrons. The van der Waals surface area contributed by atoms with Crippen molar-refractivity contribution < 1.29 is 4.74 Å². The van der Waals surface area contributed by atoms with E-state index in [1.54, 1.807) is 7.11 Å². The Labute approximate surface area is 188 Å². The number of likely N-dealkylation sites (tertiary alicyclic amines) is 1. The van der Waals surface area contributed by atoms with Crippen molar-refractivity contribution in [2.75, 3.05) is 60.0 Å². The highest BCUT2D eigenvalue weighted by Crippen LogP contribution is 2.20. The van der Waals surface area contributed by atoms with Gasteiger partial charge in [0.25, 0.3) is 0 Å². The molecule has 7 heteroatoms. The van der Waals surface area contributed by atoms with Gasteiger partial charge in [-0.25, -0.2) is 0 Å². The molecule has 1 aliphatic rings. The van der Waals surface area contributed by atoms with Crippen LogP contribution in [-0.4, -0.2) is 81.8 Å². The van der Waals surface area contributed by atoms with Gasteiger partial charge >= 0.3 is 0 Å². The van der Waals surface area contributed by atoms with E-state index in [0.29, 0.717) is 6.04 Å². The molecule has 0 aromatic heterocycles. The summed E-state index contributed by atoms with van der Waals surface area (Å²) in [6, 6.07) is 11.3. The molecule has 6 nitrogen and oxygen atoms in total. The number of methoxy groups -OCH3 is 1. The molecule has 0 amide bonds. The number of aliphatic imine (C=N–C) groups is 1. The predicted molar refractivity (Wildman–Crippen MR) is 129 cm³/mol. The molecule has 1 heterocycles. The van der Waals surface area contributed by atoms with E-state index >= 15 is 0 Å².